The number of aryl methyl sites for hydroxylation is 1. The molecule has 5 nitrogen and oxygen atoms in total. The largest absolute Gasteiger partial charge is 0.372 e. The van der Waals surface area contributed by atoms with Gasteiger partial charge in [0.15, 0.2) is 0 Å². The number of anilines is 2. The van der Waals surface area contributed by atoms with E-state index in [1.54, 1.807) is 4.90 Å². The first-order chi connectivity index (χ1) is 13.4. The third-order valence-corrected chi connectivity index (χ3v) is 4.88. The SMILES string of the molecule is CCN(CC)c1ccc(NC(=O)CCN(Cc2ccccc2)C(C)=O)c(C)c1. The van der Waals surface area contributed by atoms with Crippen molar-refractivity contribution in [1.82, 2.24) is 4.90 Å². The van der Waals surface area contributed by atoms with Gasteiger partial charge in [0.1, 0.15) is 0 Å². The lowest BCUT2D eigenvalue weighted by Crippen LogP contribution is -2.31. The van der Waals surface area contributed by atoms with Crippen LogP contribution in [0.2, 0.25) is 0 Å². The van der Waals surface area contributed by atoms with E-state index < -0.39 is 0 Å². The zero-order valence-electron chi connectivity index (χ0n) is 17.4. The number of nitrogens with one attached hydrogen (secondary N) is 1. The van der Waals surface area contributed by atoms with Gasteiger partial charge in [-0.05, 0) is 50.1 Å². The van der Waals surface area contributed by atoms with E-state index in [9.17, 15) is 9.59 Å². The van der Waals surface area contributed by atoms with Crippen molar-refractivity contribution in [2.24, 2.45) is 0 Å². The summed E-state index contributed by atoms with van der Waals surface area (Å²) in [4.78, 5) is 28.3. The molecule has 150 valence electrons. The van der Waals surface area contributed by atoms with Gasteiger partial charge >= 0.3 is 0 Å². The van der Waals surface area contributed by atoms with Gasteiger partial charge in [0.25, 0.3) is 0 Å². The standard InChI is InChI=1S/C23H31N3O2/c1-5-25(6-2)21-12-13-22(18(3)16-21)24-23(28)14-15-26(19(4)27)17-20-10-8-7-9-11-20/h7-13,16H,5-6,14-15,17H2,1-4H3,(H,24,28). The van der Waals surface area contributed by atoms with E-state index >= 15 is 0 Å². The molecule has 2 aromatic rings. The molecule has 0 aliphatic rings. The zero-order valence-corrected chi connectivity index (χ0v) is 17.4. The molecule has 0 radical (unpaired) electrons. The Bertz CT molecular complexity index is 786. The Kier molecular flexibility index (Phi) is 8.05. The normalized spacial score (nSPS) is 10.4. The van der Waals surface area contributed by atoms with Crippen LogP contribution < -0.4 is 10.2 Å². The summed E-state index contributed by atoms with van der Waals surface area (Å²) in [5.74, 6) is -0.116. The first kappa shape index (κ1) is 21.5. The summed E-state index contributed by atoms with van der Waals surface area (Å²) < 4.78 is 0. The predicted molar refractivity (Wildman–Crippen MR) is 116 cm³/mol. The van der Waals surface area contributed by atoms with Crippen LogP contribution in [-0.2, 0) is 16.1 Å². The van der Waals surface area contributed by atoms with Gasteiger partial charge in [-0.1, -0.05) is 30.3 Å². The molecule has 0 bridgehead atoms. The summed E-state index contributed by atoms with van der Waals surface area (Å²) in [6, 6.07) is 15.9. The van der Waals surface area contributed by atoms with Crippen molar-refractivity contribution in [3.8, 4) is 0 Å². The smallest absolute Gasteiger partial charge is 0.226 e. The van der Waals surface area contributed by atoms with Gasteiger partial charge in [-0.3, -0.25) is 9.59 Å². The second-order valence-electron chi connectivity index (χ2n) is 6.90. The van der Waals surface area contributed by atoms with Crippen molar-refractivity contribution in [3.63, 3.8) is 0 Å². The molecule has 0 aromatic heterocycles. The minimum atomic E-state index is -0.0852. The van der Waals surface area contributed by atoms with E-state index in [2.05, 4.69) is 30.1 Å². The van der Waals surface area contributed by atoms with E-state index in [-0.39, 0.29) is 18.2 Å². The zero-order chi connectivity index (χ0) is 20.5. The predicted octanol–water partition coefficient (Wildman–Crippen LogP) is 4.22. The lowest BCUT2D eigenvalue weighted by atomic mass is 10.1. The Labute approximate surface area is 168 Å². The lowest BCUT2D eigenvalue weighted by molar-refractivity contribution is -0.129. The molecule has 0 spiro atoms. The number of hydrogen-bond donors (Lipinski definition) is 1. The molecule has 5 heteroatoms. The number of amides is 2. The maximum absolute atomic E-state index is 12.4. The van der Waals surface area contributed by atoms with Crippen molar-refractivity contribution in [1.29, 1.82) is 0 Å². The van der Waals surface area contributed by atoms with Crippen LogP contribution in [-0.4, -0.2) is 36.3 Å². The number of carbonyl (C=O) groups is 2. The molecule has 2 amide bonds. The van der Waals surface area contributed by atoms with Crippen LogP contribution in [0, 0.1) is 6.92 Å². The minimum absolute atomic E-state index is 0.0311. The van der Waals surface area contributed by atoms with Crippen LogP contribution in [0.4, 0.5) is 11.4 Å². The maximum atomic E-state index is 12.4. The molecule has 0 saturated carbocycles. The van der Waals surface area contributed by atoms with Crippen LogP contribution in [0.1, 0.15) is 38.3 Å². The number of benzene rings is 2. The molecule has 28 heavy (non-hydrogen) atoms. The van der Waals surface area contributed by atoms with Crippen molar-refractivity contribution >= 4 is 23.2 Å². The van der Waals surface area contributed by atoms with Crippen molar-refractivity contribution in [2.75, 3.05) is 29.9 Å². The van der Waals surface area contributed by atoms with Crippen LogP contribution in [0.5, 0.6) is 0 Å². The van der Waals surface area contributed by atoms with Gasteiger partial charge in [-0.2, -0.15) is 0 Å². The third kappa shape index (κ3) is 6.12. The number of rotatable bonds is 9. The van der Waals surface area contributed by atoms with Crippen LogP contribution >= 0.6 is 0 Å². The van der Waals surface area contributed by atoms with Gasteiger partial charge < -0.3 is 15.1 Å². The van der Waals surface area contributed by atoms with E-state index in [1.807, 2.05) is 49.4 Å². The van der Waals surface area contributed by atoms with Gasteiger partial charge in [-0.25, -0.2) is 0 Å². The fourth-order valence-corrected chi connectivity index (χ4v) is 3.17. The molecular formula is C23H31N3O2. The first-order valence-electron chi connectivity index (χ1n) is 9.89. The molecule has 2 rings (SSSR count). The summed E-state index contributed by atoms with van der Waals surface area (Å²) in [7, 11) is 0. The second kappa shape index (κ2) is 10.5. The number of nitrogens with zero attached hydrogens (tertiary/aromatic N) is 2. The molecule has 0 aliphatic heterocycles. The molecule has 2 aromatic carbocycles. The fraction of sp³-hybridized carbons (Fsp3) is 0.391. The van der Waals surface area contributed by atoms with E-state index in [1.165, 1.54) is 6.92 Å². The molecule has 0 aliphatic carbocycles. The Balaban J connectivity index is 1.94. The van der Waals surface area contributed by atoms with E-state index in [0.717, 1.165) is 35.6 Å². The second-order valence-corrected chi connectivity index (χ2v) is 6.90. The van der Waals surface area contributed by atoms with Crippen molar-refractivity contribution < 1.29 is 9.59 Å². The molecule has 0 atom stereocenters. The summed E-state index contributed by atoms with van der Waals surface area (Å²) in [6.07, 6.45) is 0.268. The summed E-state index contributed by atoms with van der Waals surface area (Å²) in [5.41, 5.74) is 4.07. The Hall–Kier alpha value is -2.82. The Morgan fingerprint density at radius 1 is 1.00 bits per heavy atom. The van der Waals surface area contributed by atoms with Gasteiger partial charge in [-0.15, -0.1) is 0 Å². The summed E-state index contributed by atoms with van der Waals surface area (Å²) in [6.45, 7) is 10.6. The fourth-order valence-electron chi connectivity index (χ4n) is 3.17. The highest BCUT2D eigenvalue weighted by Gasteiger charge is 2.13. The highest BCUT2D eigenvalue weighted by Crippen LogP contribution is 2.22. The minimum Gasteiger partial charge on any atom is -0.372 e. The topological polar surface area (TPSA) is 52.7 Å². The number of carbonyl (C=O) groups excluding carboxylic acids is 2. The molecule has 1 N–H and O–H groups in total. The van der Waals surface area contributed by atoms with E-state index in [4.69, 9.17) is 0 Å². The monoisotopic (exact) mass is 381 g/mol. The molecule has 0 fully saturated rings. The maximum Gasteiger partial charge on any atom is 0.226 e. The van der Waals surface area contributed by atoms with Crippen LogP contribution in [0.15, 0.2) is 48.5 Å². The Morgan fingerprint density at radius 2 is 1.68 bits per heavy atom. The molecular weight excluding hydrogens is 350 g/mol. The highest BCUT2D eigenvalue weighted by atomic mass is 16.2. The van der Waals surface area contributed by atoms with Crippen LogP contribution in [0.3, 0.4) is 0 Å². The van der Waals surface area contributed by atoms with Crippen LogP contribution in [0.25, 0.3) is 0 Å². The third-order valence-electron chi connectivity index (χ3n) is 4.88. The molecule has 0 saturated heterocycles. The van der Waals surface area contributed by atoms with Crippen molar-refractivity contribution in [2.45, 2.75) is 40.7 Å². The average Bonchev–Trinajstić information content (AvgIpc) is 2.68. The first-order valence-corrected chi connectivity index (χ1v) is 9.89. The summed E-state index contributed by atoms with van der Waals surface area (Å²) >= 11 is 0. The average molecular weight is 382 g/mol. The highest BCUT2D eigenvalue weighted by molar-refractivity contribution is 5.92. The van der Waals surface area contributed by atoms with Gasteiger partial charge in [0, 0.05) is 50.9 Å². The summed E-state index contributed by atoms with van der Waals surface area (Å²) in [5, 5.41) is 2.98. The molecule has 0 unspecified atom stereocenters. The Morgan fingerprint density at radius 3 is 2.25 bits per heavy atom. The van der Waals surface area contributed by atoms with Crippen molar-refractivity contribution in [3.05, 3.63) is 59.7 Å². The van der Waals surface area contributed by atoms with E-state index in [0.29, 0.717) is 13.1 Å². The lowest BCUT2D eigenvalue weighted by Gasteiger charge is -2.23. The number of hydrogen-bond acceptors (Lipinski definition) is 3. The quantitative estimate of drug-likeness (QED) is 0.708. The molecule has 0 heterocycles. The van der Waals surface area contributed by atoms with Gasteiger partial charge in [0.2, 0.25) is 11.8 Å². The van der Waals surface area contributed by atoms with Gasteiger partial charge in [0.05, 0.1) is 0 Å².